The van der Waals surface area contributed by atoms with Crippen molar-refractivity contribution in [1.29, 1.82) is 0 Å². The molecule has 0 fully saturated rings. The molecule has 0 bridgehead atoms. The van der Waals surface area contributed by atoms with E-state index in [0.717, 1.165) is 12.0 Å². The van der Waals surface area contributed by atoms with Gasteiger partial charge in [-0.3, -0.25) is 11.6 Å². The summed E-state index contributed by atoms with van der Waals surface area (Å²) in [5, 5.41) is 4.94. The van der Waals surface area contributed by atoms with Crippen LogP contribution >= 0.6 is 0 Å². The van der Waals surface area contributed by atoms with E-state index in [0.29, 0.717) is 0 Å². The molecule has 0 heterocycles. The predicted octanol–water partition coefficient (Wildman–Crippen LogP) is 14.0. The van der Waals surface area contributed by atoms with Crippen molar-refractivity contribution in [3.05, 3.63) is 138 Å². The topological polar surface area (TPSA) is 0 Å². The number of hydrogen-bond donors (Lipinski definition) is 0. The van der Waals surface area contributed by atoms with Crippen LogP contribution in [-0.4, -0.2) is 0 Å². The first-order valence-corrected chi connectivity index (χ1v) is 16.5. The normalized spacial score (nSPS) is 8.29. The van der Waals surface area contributed by atoms with Gasteiger partial charge in [0, 0.05) is 32.7 Å². The standard InChI is InChI=1S/C17H12.C13H10.C3H8.5C2H6.W.Y/c1-2-5-13-8-9-15-11-10-14-6-3-4-7-16(14)17(15)12-13;1-3-7-12(8-4-1)11-13-9-5-2-6-10-13;1-3-2;5*1-2;;/h3-11H,1H3;1-7,9H,11H2;3H2,1-2H3;5*1-2H3;;/q2*-2;;;;;;;+2;. The van der Waals surface area contributed by atoms with E-state index in [-0.39, 0.29) is 53.8 Å². The Morgan fingerprint density at radius 3 is 1.44 bits per heavy atom. The first-order valence-electron chi connectivity index (χ1n) is 16.5. The Morgan fingerprint density at radius 2 is 1.00 bits per heavy atom. The average molecular weight is 850 g/mol. The summed E-state index contributed by atoms with van der Waals surface area (Å²) in [5.74, 6) is 0. The molecule has 0 amide bonds. The van der Waals surface area contributed by atoms with Crippen LogP contribution in [0.1, 0.15) is 113 Å². The number of hydrogen-bond acceptors (Lipinski definition) is 0. The third kappa shape index (κ3) is 23.2. The molecule has 243 valence electrons. The molecule has 0 unspecified atom stereocenters. The molecule has 0 N–H and O–H groups in total. The van der Waals surface area contributed by atoms with E-state index in [4.69, 9.17) is 0 Å². The van der Waals surface area contributed by atoms with E-state index in [2.05, 4.69) is 98.8 Å². The van der Waals surface area contributed by atoms with Crippen molar-refractivity contribution >= 4 is 27.6 Å². The van der Waals surface area contributed by atoms with Gasteiger partial charge in [0.2, 0.25) is 0 Å². The summed E-state index contributed by atoms with van der Waals surface area (Å²) < 4.78 is 0. The fraction of sp³-hybridized carbons (Fsp3) is 0.349. The number of allylic oxidation sites excluding steroid dienone is 1. The molecule has 0 atom stereocenters. The van der Waals surface area contributed by atoms with Crippen molar-refractivity contribution in [1.82, 2.24) is 0 Å². The van der Waals surface area contributed by atoms with Crippen molar-refractivity contribution in [2.45, 2.75) is 103 Å². The Bertz CT molecular complexity index is 1240. The zero-order valence-electron chi connectivity index (χ0n) is 30.7. The maximum atomic E-state index is 3.45. The summed E-state index contributed by atoms with van der Waals surface area (Å²) >= 11 is 0. The summed E-state index contributed by atoms with van der Waals surface area (Å²) in [6.45, 7) is 26.2. The number of fused-ring (bicyclic) bond motifs is 3. The second kappa shape index (κ2) is 40.2. The van der Waals surface area contributed by atoms with Gasteiger partial charge in [-0.05, 0) is 6.42 Å². The largest absolute Gasteiger partial charge is 2.00 e. The fourth-order valence-corrected chi connectivity index (χ4v) is 3.46. The molecule has 0 aliphatic heterocycles. The molecule has 5 rings (SSSR count). The van der Waals surface area contributed by atoms with Crippen LogP contribution in [0, 0.1) is 24.3 Å². The summed E-state index contributed by atoms with van der Waals surface area (Å²) in [6.07, 6.45) is 7.17. The second-order valence-electron chi connectivity index (χ2n) is 7.76. The van der Waals surface area contributed by atoms with Crippen LogP contribution in [0.2, 0.25) is 0 Å². The van der Waals surface area contributed by atoms with Crippen LogP contribution in [0.15, 0.2) is 97.1 Å². The molecule has 0 aliphatic carbocycles. The van der Waals surface area contributed by atoms with Crippen LogP contribution in [0.4, 0.5) is 0 Å². The van der Waals surface area contributed by atoms with Crippen LogP contribution in [0.5, 0.6) is 0 Å². The Balaban J connectivity index is -0.000000171. The second-order valence-corrected chi connectivity index (χ2v) is 7.76. The zero-order chi connectivity index (χ0) is 33.3. The Kier molecular flexibility index (Phi) is 47.0. The molecule has 0 aliphatic rings. The van der Waals surface area contributed by atoms with Gasteiger partial charge >= 0.3 is 21.1 Å². The molecular weight excluding hydrogens is 789 g/mol. The third-order valence-electron chi connectivity index (χ3n) is 4.90. The molecule has 1 radical (unpaired) electrons. The fourth-order valence-electron chi connectivity index (χ4n) is 3.46. The molecule has 0 saturated heterocycles. The maximum absolute atomic E-state index is 3.45. The Morgan fingerprint density at radius 1 is 0.578 bits per heavy atom. The van der Waals surface area contributed by atoms with E-state index >= 15 is 0 Å². The van der Waals surface area contributed by atoms with Crippen molar-refractivity contribution in [2.75, 3.05) is 0 Å². The molecule has 0 nitrogen and oxygen atoms in total. The number of rotatable bonds is 3. The third-order valence-corrected chi connectivity index (χ3v) is 4.90. The van der Waals surface area contributed by atoms with Crippen LogP contribution < -0.4 is 0 Å². The molecule has 45 heavy (non-hydrogen) atoms. The first-order chi connectivity index (χ1) is 21.2. The van der Waals surface area contributed by atoms with Crippen LogP contribution in [0.3, 0.4) is 0 Å². The smallest absolute Gasteiger partial charge is 0.320 e. The quantitative estimate of drug-likeness (QED) is 0.125. The molecule has 0 aromatic heterocycles. The molecule has 2 heteroatoms. The minimum atomic E-state index is 0. The molecule has 0 spiro atoms. The molecule has 0 saturated carbocycles. The summed E-state index contributed by atoms with van der Waals surface area (Å²) in [4.78, 5) is 0. The maximum Gasteiger partial charge on any atom is 2.00 e. The van der Waals surface area contributed by atoms with Crippen molar-refractivity contribution in [3.63, 3.8) is 0 Å². The van der Waals surface area contributed by atoms with Gasteiger partial charge in [0.1, 0.15) is 0 Å². The summed E-state index contributed by atoms with van der Waals surface area (Å²) in [7, 11) is 0. The van der Waals surface area contributed by atoms with Gasteiger partial charge in [0.05, 0.1) is 0 Å². The SMILES string of the molecule is CC.CC.CC.CC.CC.CCC.C[C-]=Cc1[c-]c2c(cc1)ccc1ccccc12.[W+2].[Y].[c-]1ccccc1Cc1[c-]cccc1. The van der Waals surface area contributed by atoms with Gasteiger partial charge in [0.15, 0.2) is 0 Å². The van der Waals surface area contributed by atoms with E-state index in [9.17, 15) is 0 Å². The summed E-state index contributed by atoms with van der Waals surface area (Å²) in [5.41, 5.74) is 3.51. The van der Waals surface area contributed by atoms with Crippen LogP contribution in [-0.2, 0) is 60.2 Å². The zero-order valence-corrected chi connectivity index (χ0v) is 36.5. The van der Waals surface area contributed by atoms with E-state index in [1.165, 1.54) is 39.1 Å². The van der Waals surface area contributed by atoms with Gasteiger partial charge in [-0.2, -0.15) is 71.8 Å². The Hall–Kier alpha value is -1.85. The van der Waals surface area contributed by atoms with E-state index in [1.807, 2.05) is 119 Å². The summed E-state index contributed by atoms with van der Waals surface area (Å²) in [6, 6.07) is 42.9. The van der Waals surface area contributed by atoms with Crippen molar-refractivity contribution in [3.8, 4) is 0 Å². The van der Waals surface area contributed by atoms with Gasteiger partial charge < -0.3 is 6.08 Å². The van der Waals surface area contributed by atoms with E-state index < -0.39 is 0 Å². The van der Waals surface area contributed by atoms with Gasteiger partial charge in [-0.1, -0.05) is 142 Å². The molecular formula is C43H60WY-2. The van der Waals surface area contributed by atoms with Crippen molar-refractivity contribution in [2.24, 2.45) is 0 Å². The predicted molar refractivity (Wildman–Crippen MR) is 200 cm³/mol. The van der Waals surface area contributed by atoms with Gasteiger partial charge in [-0.25, -0.2) is 12.1 Å². The average Bonchev–Trinajstić information content (AvgIpc) is 3.11. The van der Waals surface area contributed by atoms with Gasteiger partial charge in [0.25, 0.3) is 0 Å². The van der Waals surface area contributed by atoms with E-state index in [1.54, 1.807) is 0 Å². The van der Waals surface area contributed by atoms with Crippen LogP contribution in [0.25, 0.3) is 27.6 Å². The number of benzene rings is 5. The van der Waals surface area contributed by atoms with Crippen molar-refractivity contribution < 1.29 is 53.8 Å². The molecule has 5 aromatic rings. The minimum Gasteiger partial charge on any atom is -0.320 e. The monoisotopic (exact) mass is 849 g/mol. The first kappa shape index (κ1) is 52.7. The van der Waals surface area contributed by atoms with Gasteiger partial charge in [-0.15, -0.1) is 18.4 Å². The molecule has 5 aromatic carbocycles. The Labute approximate surface area is 319 Å². The minimum absolute atomic E-state index is 0.